The lowest BCUT2D eigenvalue weighted by Gasteiger charge is -2.37. The van der Waals surface area contributed by atoms with Crippen LogP contribution in [0.5, 0.6) is 0 Å². The SMILES string of the molecule is N#CC1CC23CC2(C3)N1C(=N)CNCCC1(c2nn[nH]n2)C2=C(CCc3cc(F)ccc31)CC(C(=O)N1CCOCC1)C=C2. The van der Waals surface area contributed by atoms with Gasteiger partial charge in [0, 0.05) is 24.0 Å². The monoisotopic (exact) mass is 597 g/mol. The minimum Gasteiger partial charge on any atom is -0.378 e. The highest BCUT2D eigenvalue weighted by Crippen LogP contribution is 2.87. The minimum atomic E-state index is -0.829. The van der Waals surface area contributed by atoms with Crippen molar-refractivity contribution < 1.29 is 13.9 Å². The fraction of sp³-hybridized carbons (Fsp3) is 0.562. The van der Waals surface area contributed by atoms with E-state index in [1.165, 1.54) is 6.07 Å². The number of allylic oxidation sites excluding steroid dienone is 3. The Bertz CT molecular complexity index is 1620. The number of carbonyl (C=O) groups is 1. The Labute approximate surface area is 255 Å². The summed E-state index contributed by atoms with van der Waals surface area (Å²) in [7, 11) is 0. The summed E-state index contributed by atoms with van der Waals surface area (Å²) in [5.74, 6) is 0.523. The van der Waals surface area contributed by atoms with Crippen molar-refractivity contribution >= 4 is 11.7 Å². The van der Waals surface area contributed by atoms with E-state index in [0.29, 0.717) is 82.2 Å². The van der Waals surface area contributed by atoms with E-state index in [4.69, 9.17) is 10.1 Å². The number of nitrogens with zero attached hydrogens (tertiary/aromatic N) is 6. The second-order valence-electron chi connectivity index (χ2n) is 13.3. The van der Waals surface area contributed by atoms with Crippen molar-refractivity contribution in [3.63, 3.8) is 0 Å². The van der Waals surface area contributed by atoms with Crippen LogP contribution in [0.15, 0.2) is 41.5 Å². The Balaban J connectivity index is 1.09. The van der Waals surface area contributed by atoms with Crippen LogP contribution in [0.4, 0.5) is 4.39 Å². The number of aromatic nitrogens is 4. The molecule has 44 heavy (non-hydrogen) atoms. The van der Waals surface area contributed by atoms with Crippen LogP contribution in [0.3, 0.4) is 0 Å². The molecule has 3 heterocycles. The van der Waals surface area contributed by atoms with Crippen molar-refractivity contribution in [3.8, 4) is 6.07 Å². The number of amides is 1. The number of aryl methyl sites for hydroxylation is 1. The number of nitriles is 1. The van der Waals surface area contributed by atoms with Gasteiger partial charge in [-0.3, -0.25) is 10.2 Å². The number of fused-ring (bicyclic) bond motifs is 1. The van der Waals surface area contributed by atoms with Crippen molar-refractivity contribution in [2.24, 2.45) is 11.3 Å². The Morgan fingerprint density at radius 2 is 2.11 bits per heavy atom. The molecule has 3 N–H and O–H groups in total. The largest absolute Gasteiger partial charge is 0.378 e. The van der Waals surface area contributed by atoms with Crippen molar-refractivity contribution in [2.45, 2.75) is 61.9 Å². The molecule has 2 aliphatic heterocycles. The smallest absolute Gasteiger partial charge is 0.229 e. The van der Waals surface area contributed by atoms with Gasteiger partial charge < -0.3 is 19.9 Å². The lowest BCUT2D eigenvalue weighted by atomic mass is 9.67. The Morgan fingerprint density at radius 1 is 1.27 bits per heavy atom. The summed E-state index contributed by atoms with van der Waals surface area (Å²) in [6, 6.07) is 7.14. The quantitative estimate of drug-likeness (QED) is 0.251. The van der Waals surface area contributed by atoms with E-state index in [1.54, 1.807) is 6.07 Å². The summed E-state index contributed by atoms with van der Waals surface area (Å²) in [6.45, 7) is 3.19. The fourth-order valence-corrected chi connectivity index (χ4v) is 8.84. The molecule has 1 aromatic heterocycles. The van der Waals surface area contributed by atoms with Crippen LogP contribution < -0.4 is 5.32 Å². The predicted octanol–water partition coefficient (Wildman–Crippen LogP) is 2.39. The molecule has 228 valence electrons. The van der Waals surface area contributed by atoms with Crippen LogP contribution in [0.2, 0.25) is 0 Å². The highest BCUT2D eigenvalue weighted by Gasteiger charge is 2.90. The maximum atomic E-state index is 14.6. The van der Waals surface area contributed by atoms with Gasteiger partial charge in [-0.15, -0.1) is 10.2 Å². The second-order valence-corrected chi connectivity index (χ2v) is 13.3. The standard InChI is InChI=1S/C32H36FN9O2/c33-23-4-6-26-21(14-23)2-1-20-13-22(28(43)41-9-11-44-12-10-41)3-5-25(20)32(26,29-37-39-40-38-29)7-8-36-17-27(35)42-24(16-34)15-30-18-31(30,42)19-30/h3-6,14,22,24,35-36H,1-2,7-13,15,17-19H2,(H,37,38,39,40). The summed E-state index contributed by atoms with van der Waals surface area (Å²) in [6.07, 6.45) is 9.64. The summed E-state index contributed by atoms with van der Waals surface area (Å²) < 4.78 is 20.1. The molecule has 0 radical (unpaired) electrons. The van der Waals surface area contributed by atoms with E-state index < -0.39 is 5.41 Å². The van der Waals surface area contributed by atoms with Crippen molar-refractivity contribution in [2.75, 3.05) is 39.4 Å². The first-order valence-electron chi connectivity index (χ1n) is 15.7. The van der Waals surface area contributed by atoms with Crippen LogP contribution in [0.25, 0.3) is 0 Å². The zero-order chi connectivity index (χ0) is 30.1. The molecule has 6 aliphatic rings. The number of likely N-dealkylation sites (tertiary alicyclic amines) is 1. The number of aromatic amines is 1. The first kappa shape index (κ1) is 27.6. The van der Waals surface area contributed by atoms with Crippen LogP contribution >= 0.6 is 0 Å². The number of ether oxygens (including phenoxy) is 1. The van der Waals surface area contributed by atoms with Crippen LogP contribution in [-0.4, -0.2) is 93.1 Å². The van der Waals surface area contributed by atoms with Crippen molar-refractivity contribution in [3.05, 3.63) is 64.3 Å². The molecule has 2 saturated carbocycles. The molecular weight excluding hydrogens is 561 g/mol. The fourth-order valence-electron chi connectivity index (χ4n) is 8.84. The van der Waals surface area contributed by atoms with Gasteiger partial charge in [-0.05, 0) is 80.3 Å². The number of nitrogens with one attached hydrogen (secondary N) is 3. The van der Waals surface area contributed by atoms with Gasteiger partial charge in [-0.2, -0.15) is 10.5 Å². The van der Waals surface area contributed by atoms with Gasteiger partial charge in [0.2, 0.25) is 5.91 Å². The highest BCUT2D eigenvalue weighted by atomic mass is 19.1. The van der Waals surface area contributed by atoms with Crippen molar-refractivity contribution in [1.82, 2.24) is 35.7 Å². The third kappa shape index (κ3) is 4.02. The number of H-pyrrole nitrogens is 1. The summed E-state index contributed by atoms with van der Waals surface area (Å²) in [5, 5.41) is 37.7. The molecule has 4 fully saturated rings. The molecule has 1 aromatic carbocycles. The van der Waals surface area contributed by atoms with Gasteiger partial charge in [0.1, 0.15) is 17.7 Å². The minimum absolute atomic E-state index is 0.0596. The average molecular weight is 598 g/mol. The number of hydrogen-bond donors (Lipinski definition) is 3. The maximum Gasteiger partial charge on any atom is 0.229 e. The molecule has 3 atom stereocenters. The lowest BCUT2D eigenvalue weighted by Crippen LogP contribution is -2.47. The molecular formula is C32H36FN9O2. The van der Waals surface area contributed by atoms with E-state index in [-0.39, 0.29) is 29.2 Å². The van der Waals surface area contributed by atoms with Gasteiger partial charge in [0.05, 0.1) is 37.2 Å². The van der Waals surface area contributed by atoms with Crippen LogP contribution in [-0.2, 0) is 21.4 Å². The van der Waals surface area contributed by atoms with Gasteiger partial charge in [-0.25, -0.2) is 4.39 Å². The molecule has 2 saturated heterocycles. The van der Waals surface area contributed by atoms with E-state index in [0.717, 1.165) is 41.5 Å². The summed E-state index contributed by atoms with van der Waals surface area (Å²) >= 11 is 0. The molecule has 11 nitrogen and oxygen atoms in total. The second kappa shape index (κ2) is 10.0. The number of piperidine rings is 2. The molecule has 12 heteroatoms. The molecule has 1 amide bonds. The summed E-state index contributed by atoms with van der Waals surface area (Å²) in [4.78, 5) is 17.5. The first-order chi connectivity index (χ1) is 21.4. The number of tetrazole rings is 1. The summed E-state index contributed by atoms with van der Waals surface area (Å²) in [5.41, 5.74) is 3.55. The predicted molar refractivity (Wildman–Crippen MR) is 157 cm³/mol. The third-order valence-electron chi connectivity index (χ3n) is 11.2. The van der Waals surface area contributed by atoms with E-state index in [1.807, 2.05) is 17.0 Å². The average Bonchev–Trinajstić information content (AvgIpc) is 3.63. The Kier molecular flexibility index (Phi) is 6.29. The van der Waals surface area contributed by atoms with Crippen LogP contribution in [0, 0.1) is 33.9 Å². The number of halogens is 1. The lowest BCUT2D eigenvalue weighted by molar-refractivity contribution is -0.138. The number of benzene rings is 1. The molecule has 2 aromatic rings. The molecule has 0 bridgehead atoms. The highest BCUT2D eigenvalue weighted by molar-refractivity contribution is 5.85. The zero-order valence-electron chi connectivity index (χ0n) is 24.6. The molecule has 3 unspecified atom stereocenters. The van der Waals surface area contributed by atoms with Gasteiger partial charge in [0.25, 0.3) is 0 Å². The zero-order valence-corrected chi connectivity index (χ0v) is 24.6. The number of hydrogen-bond acceptors (Lipinski definition) is 8. The first-order valence-corrected chi connectivity index (χ1v) is 15.7. The molecule has 4 aliphatic carbocycles. The molecule has 8 rings (SSSR count). The van der Waals surface area contributed by atoms with E-state index >= 15 is 0 Å². The van der Waals surface area contributed by atoms with Crippen LogP contribution in [0.1, 0.15) is 55.5 Å². The maximum absolute atomic E-state index is 14.6. The van der Waals surface area contributed by atoms with E-state index in [9.17, 15) is 14.4 Å². The molecule has 0 spiro atoms. The van der Waals surface area contributed by atoms with Gasteiger partial charge in [0.15, 0.2) is 5.82 Å². The number of rotatable bonds is 7. The Morgan fingerprint density at radius 3 is 2.89 bits per heavy atom. The van der Waals surface area contributed by atoms with E-state index in [2.05, 4.69) is 43.0 Å². The third-order valence-corrected chi connectivity index (χ3v) is 11.2. The topological polar surface area (TPSA) is 147 Å². The normalized spacial score (nSPS) is 33.1. The number of morpholine rings is 1. The number of amidine groups is 1. The van der Waals surface area contributed by atoms with Gasteiger partial charge >= 0.3 is 0 Å². The van der Waals surface area contributed by atoms with Gasteiger partial charge in [-0.1, -0.05) is 29.0 Å². The van der Waals surface area contributed by atoms with Crippen molar-refractivity contribution in [1.29, 1.82) is 10.7 Å². The number of carbonyl (C=O) groups excluding carboxylic acids is 1. The Hall–Kier alpha value is -3.95.